The summed E-state index contributed by atoms with van der Waals surface area (Å²) < 4.78 is 20.6. The van der Waals surface area contributed by atoms with Crippen LogP contribution in [0, 0.1) is 0 Å². The zero-order valence-electron chi connectivity index (χ0n) is 12.8. The van der Waals surface area contributed by atoms with E-state index in [1.54, 1.807) is 0 Å². The Morgan fingerprint density at radius 2 is 1.63 bits per heavy atom. The highest BCUT2D eigenvalue weighted by Gasteiger charge is 2.65. The first-order chi connectivity index (χ1) is 10.1. The van der Waals surface area contributed by atoms with Crippen LogP contribution in [0.3, 0.4) is 0 Å². The van der Waals surface area contributed by atoms with Crippen LogP contribution in [-0.4, -0.2) is 67.5 Å². The van der Waals surface area contributed by atoms with Gasteiger partial charge in [0.1, 0.15) is 6.10 Å². The minimum Gasteiger partial charge on any atom is -0.394 e. The normalized spacial score (nSPS) is 20.9. The molecule has 0 aromatic heterocycles. The molecule has 0 fully saturated rings. The van der Waals surface area contributed by atoms with Crippen LogP contribution in [0.5, 0.6) is 0 Å². The molecule has 0 bridgehead atoms. The lowest BCUT2D eigenvalue weighted by molar-refractivity contribution is -0.207. The van der Waals surface area contributed by atoms with Crippen LogP contribution in [0.2, 0.25) is 0 Å². The summed E-state index contributed by atoms with van der Waals surface area (Å²) in [6.07, 6.45) is -2.58. The summed E-state index contributed by atoms with van der Waals surface area (Å²) in [6.45, 7) is -5.27. The molecule has 4 N–H and O–H groups in total. The van der Waals surface area contributed by atoms with E-state index in [-0.39, 0.29) is 0 Å². The van der Waals surface area contributed by atoms with Crippen molar-refractivity contribution in [1.29, 1.82) is 0 Å². The van der Waals surface area contributed by atoms with Gasteiger partial charge in [0.15, 0.2) is 23.0 Å². The number of Topliss-reactive ketones (excluding diaryl/α,β-unsaturated/α-hetero) is 4. The molecule has 0 radical (unpaired) electrons. The van der Waals surface area contributed by atoms with Crippen LogP contribution in [0.15, 0.2) is 0 Å². The van der Waals surface area contributed by atoms with Crippen molar-refractivity contribution in [3.63, 3.8) is 0 Å². The average molecular weight is 279 g/mol. The number of ketones is 4. The van der Waals surface area contributed by atoms with Gasteiger partial charge < -0.3 is 20.4 Å². The predicted molar refractivity (Wildman–Crippen MR) is 60.0 cm³/mol. The first-order valence-electron chi connectivity index (χ1n) is 6.97. The van der Waals surface area contributed by atoms with Crippen molar-refractivity contribution >= 4 is 23.1 Å². The van der Waals surface area contributed by atoms with Crippen LogP contribution in [0.4, 0.5) is 0 Å². The van der Waals surface area contributed by atoms with Crippen molar-refractivity contribution in [2.45, 2.75) is 38.0 Å². The Labute approximate surface area is 112 Å². The van der Waals surface area contributed by atoms with E-state index in [0.29, 0.717) is 0 Å². The lowest BCUT2D eigenvalue weighted by atomic mass is 9.70. The maximum Gasteiger partial charge on any atom is 0.240 e. The largest absolute Gasteiger partial charge is 0.394 e. The molecule has 0 rings (SSSR count). The van der Waals surface area contributed by atoms with Crippen LogP contribution < -0.4 is 0 Å². The highest BCUT2D eigenvalue weighted by Crippen LogP contribution is 2.30. The van der Waals surface area contributed by atoms with Gasteiger partial charge in [-0.3, -0.25) is 19.2 Å². The maximum atomic E-state index is 11.9. The molecule has 0 aliphatic heterocycles. The van der Waals surface area contributed by atoms with E-state index in [9.17, 15) is 34.5 Å². The highest BCUT2D eigenvalue weighted by molar-refractivity contribution is 6.45. The monoisotopic (exact) mass is 279 g/mol. The SMILES string of the molecule is [2H]CC(=O)C(=O)[C@@](O)(C(=O)C[2H])[C@](O)(C(=O)C[2H])[C@H](O)CO. The lowest BCUT2D eigenvalue weighted by Crippen LogP contribution is -2.73. The number of carbonyl (C=O) groups excluding carboxylic acids is 4. The third kappa shape index (κ3) is 2.47. The molecule has 3 atom stereocenters. The Bertz CT molecular complexity index is 482. The van der Waals surface area contributed by atoms with Gasteiger partial charge in [-0.1, -0.05) is 0 Å². The molecule has 0 saturated carbocycles. The van der Waals surface area contributed by atoms with E-state index in [2.05, 4.69) is 0 Å². The molecule has 0 aliphatic rings. The van der Waals surface area contributed by atoms with Gasteiger partial charge in [0.2, 0.25) is 11.4 Å². The van der Waals surface area contributed by atoms with Gasteiger partial charge in [-0.2, -0.15) is 0 Å². The first-order valence-corrected chi connectivity index (χ1v) is 4.85. The minimum absolute atomic E-state index is 1.23. The van der Waals surface area contributed by atoms with Gasteiger partial charge in [-0.15, -0.1) is 0 Å². The summed E-state index contributed by atoms with van der Waals surface area (Å²) in [4.78, 5) is 46.7. The molecule has 8 heteroatoms. The molecule has 8 nitrogen and oxygen atoms in total. The van der Waals surface area contributed by atoms with Gasteiger partial charge in [0.25, 0.3) is 0 Å². The summed E-state index contributed by atoms with van der Waals surface area (Å²) in [5, 5.41) is 38.9. The van der Waals surface area contributed by atoms with Crippen LogP contribution >= 0.6 is 0 Å². The fourth-order valence-corrected chi connectivity index (χ4v) is 1.47. The second kappa shape index (κ2) is 5.66. The third-order valence-electron chi connectivity index (χ3n) is 2.62. The van der Waals surface area contributed by atoms with E-state index in [1.165, 1.54) is 0 Å². The quantitative estimate of drug-likeness (QED) is 0.287. The fraction of sp³-hybridized carbons (Fsp3) is 0.636. The molecule has 0 aromatic carbocycles. The summed E-state index contributed by atoms with van der Waals surface area (Å²) in [7, 11) is 0. The zero-order chi connectivity index (χ0) is 17.7. The van der Waals surface area contributed by atoms with E-state index < -0.39 is 67.7 Å². The molecule has 0 unspecified atom stereocenters. The van der Waals surface area contributed by atoms with Crippen LogP contribution in [0.1, 0.15) is 24.8 Å². The molecule has 0 aliphatic carbocycles. The van der Waals surface area contributed by atoms with E-state index in [4.69, 9.17) is 9.22 Å². The number of carbonyl (C=O) groups is 4. The van der Waals surface area contributed by atoms with E-state index in [1.807, 2.05) is 0 Å². The smallest absolute Gasteiger partial charge is 0.240 e. The van der Waals surface area contributed by atoms with Crippen molar-refractivity contribution in [3.05, 3.63) is 0 Å². The highest BCUT2D eigenvalue weighted by atomic mass is 16.4. The van der Waals surface area contributed by atoms with Crippen molar-refractivity contribution in [2.24, 2.45) is 0 Å². The van der Waals surface area contributed by atoms with E-state index >= 15 is 0 Å². The number of hydrogen-bond donors (Lipinski definition) is 4. The van der Waals surface area contributed by atoms with E-state index in [0.717, 1.165) is 0 Å². The number of aliphatic hydroxyl groups is 4. The fourth-order valence-electron chi connectivity index (χ4n) is 1.47. The molecule has 19 heavy (non-hydrogen) atoms. The van der Waals surface area contributed by atoms with Crippen molar-refractivity contribution in [1.82, 2.24) is 0 Å². The Balaban J connectivity index is 6.46. The summed E-state index contributed by atoms with van der Waals surface area (Å²) in [5.74, 6) is -7.25. The Kier molecular flexibility index (Phi) is 3.74. The predicted octanol–water partition coefficient (Wildman–Crippen LogP) is -2.86. The number of hydrogen-bond acceptors (Lipinski definition) is 8. The summed E-state index contributed by atoms with van der Waals surface area (Å²) >= 11 is 0. The van der Waals surface area contributed by atoms with Gasteiger partial charge >= 0.3 is 0 Å². The summed E-state index contributed by atoms with van der Waals surface area (Å²) in [5.41, 5.74) is -7.56. The number of rotatable bonds is 7. The second-order valence-electron chi connectivity index (χ2n) is 3.77. The number of aliphatic hydroxyl groups excluding tert-OH is 2. The van der Waals surface area contributed by atoms with Crippen LogP contribution in [-0.2, 0) is 19.2 Å². The van der Waals surface area contributed by atoms with Gasteiger partial charge in [0.05, 0.1) is 6.61 Å². The van der Waals surface area contributed by atoms with Gasteiger partial charge in [0, 0.05) is 11.0 Å². The maximum absolute atomic E-state index is 11.9. The standard InChI is InChI=1S/C11H16O8/c1-5(13)9(17)11(19,7(3)15)10(18,6(2)14)8(16)4-12/h8,12,16,18-19H,4H2,1-3H3/t8-,10+,11+/m1/s1/i1D,2D,3D. The molecular formula is C11H16O8. The molecule has 0 aromatic rings. The third-order valence-corrected chi connectivity index (χ3v) is 2.62. The molecule has 0 spiro atoms. The molecule has 108 valence electrons. The van der Waals surface area contributed by atoms with Gasteiger partial charge in [-0.05, 0) is 13.8 Å². The molecule has 0 amide bonds. The molecular weight excluding hydrogens is 260 g/mol. The Hall–Kier alpha value is -1.48. The molecule has 0 heterocycles. The topological polar surface area (TPSA) is 149 Å². The Morgan fingerprint density at radius 1 is 1.11 bits per heavy atom. The average Bonchev–Trinajstić information content (AvgIpc) is 2.55. The van der Waals surface area contributed by atoms with Crippen molar-refractivity contribution in [2.75, 3.05) is 6.61 Å². The van der Waals surface area contributed by atoms with Gasteiger partial charge in [-0.25, -0.2) is 0 Å². The Morgan fingerprint density at radius 3 is 2.00 bits per heavy atom. The zero-order valence-corrected chi connectivity index (χ0v) is 9.83. The lowest BCUT2D eigenvalue weighted by Gasteiger charge is -2.40. The second-order valence-corrected chi connectivity index (χ2v) is 3.77. The summed E-state index contributed by atoms with van der Waals surface area (Å²) in [6, 6.07) is 0. The van der Waals surface area contributed by atoms with Crippen molar-refractivity contribution < 1.29 is 43.7 Å². The van der Waals surface area contributed by atoms with Crippen molar-refractivity contribution in [3.8, 4) is 0 Å². The minimum atomic E-state index is -3.87. The molecule has 0 saturated heterocycles. The first kappa shape index (κ1) is 12.5. The van der Waals surface area contributed by atoms with Crippen LogP contribution in [0.25, 0.3) is 0 Å².